The first kappa shape index (κ1) is 14.9. The molecule has 3 rings (SSSR count). The summed E-state index contributed by atoms with van der Waals surface area (Å²) in [5.74, 6) is -0.0638. The molecule has 0 aliphatic carbocycles. The van der Waals surface area contributed by atoms with E-state index in [9.17, 15) is 4.79 Å². The maximum Gasteiger partial charge on any atom is 0.195 e. The third-order valence-electron chi connectivity index (χ3n) is 4.08. The number of nitrogen functional groups attached to an aromatic ring is 1. The number of rotatable bonds is 3. The van der Waals surface area contributed by atoms with Gasteiger partial charge < -0.3 is 10.6 Å². The van der Waals surface area contributed by atoms with Crippen molar-refractivity contribution in [1.29, 1.82) is 5.26 Å². The molecule has 0 amide bonds. The number of aryl methyl sites for hydroxylation is 1. The average molecular weight is 303 g/mol. The van der Waals surface area contributed by atoms with Gasteiger partial charge in [0.2, 0.25) is 0 Å². The van der Waals surface area contributed by atoms with E-state index in [2.05, 4.69) is 6.07 Å². The van der Waals surface area contributed by atoms with Crippen molar-refractivity contribution < 1.29 is 4.79 Å². The molecule has 0 radical (unpaired) electrons. The van der Waals surface area contributed by atoms with Gasteiger partial charge in [0.1, 0.15) is 0 Å². The molecule has 4 heteroatoms. The first-order valence-electron chi connectivity index (χ1n) is 7.48. The smallest absolute Gasteiger partial charge is 0.195 e. The Bertz CT molecular complexity index is 832. The first-order chi connectivity index (χ1) is 11.1. The van der Waals surface area contributed by atoms with Crippen LogP contribution in [0.3, 0.4) is 0 Å². The highest BCUT2D eigenvalue weighted by atomic mass is 16.1. The Labute approximate surface area is 135 Å². The number of carbonyl (C=O) groups is 1. The minimum atomic E-state index is -0.0638. The molecule has 2 aromatic carbocycles. The van der Waals surface area contributed by atoms with Gasteiger partial charge in [0.05, 0.1) is 17.4 Å². The lowest BCUT2D eigenvalue weighted by Crippen LogP contribution is -2.19. The van der Waals surface area contributed by atoms with Crippen LogP contribution >= 0.6 is 0 Å². The van der Waals surface area contributed by atoms with E-state index < -0.39 is 0 Å². The Balaban J connectivity index is 2.12. The van der Waals surface area contributed by atoms with Gasteiger partial charge >= 0.3 is 0 Å². The maximum atomic E-state index is 12.9. The second-order valence-corrected chi connectivity index (χ2v) is 5.60. The van der Waals surface area contributed by atoms with Crippen LogP contribution in [-0.4, -0.2) is 12.3 Å². The zero-order valence-corrected chi connectivity index (χ0v) is 12.9. The summed E-state index contributed by atoms with van der Waals surface area (Å²) in [5, 5.41) is 9.07. The van der Waals surface area contributed by atoms with Crippen molar-refractivity contribution in [3.8, 4) is 6.07 Å². The third-order valence-corrected chi connectivity index (χ3v) is 4.08. The molecule has 0 atom stereocenters. The minimum absolute atomic E-state index is 0.0638. The van der Waals surface area contributed by atoms with E-state index in [-0.39, 0.29) is 5.78 Å². The van der Waals surface area contributed by atoms with Crippen LogP contribution in [0.5, 0.6) is 0 Å². The molecule has 2 N–H and O–H groups in total. The second kappa shape index (κ2) is 5.98. The summed E-state index contributed by atoms with van der Waals surface area (Å²) in [7, 11) is 0. The number of hydrogen-bond donors (Lipinski definition) is 1. The lowest BCUT2D eigenvalue weighted by Gasteiger charge is -2.22. The van der Waals surface area contributed by atoms with Crippen molar-refractivity contribution in [2.24, 2.45) is 0 Å². The summed E-state index contributed by atoms with van der Waals surface area (Å²) >= 11 is 0. The maximum absolute atomic E-state index is 12.9. The van der Waals surface area contributed by atoms with Gasteiger partial charge in [-0.3, -0.25) is 4.79 Å². The topological polar surface area (TPSA) is 70.1 Å². The Morgan fingerprint density at radius 1 is 1.22 bits per heavy atom. The summed E-state index contributed by atoms with van der Waals surface area (Å²) in [5.41, 5.74) is 10.4. The Morgan fingerprint density at radius 3 is 2.61 bits per heavy atom. The molecule has 1 aliphatic heterocycles. The van der Waals surface area contributed by atoms with Crippen LogP contribution in [0.2, 0.25) is 0 Å². The molecule has 0 saturated heterocycles. The molecule has 0 fully saturated rings. The van der Waals surface area contributed by atoms with Crippen molar-refractivity contribution in [1.82, 2.24) is 0 Å². The van der Waals surface area contributed by atoms with E-state index in [0.717, 1.165) is 5.56 Å². The quantitative estimate of drug-likeness (QED) is 0.696. The highest BCUT2D eigenvalue weighted by Crippen LogP contribution is 2.35. The fourth-order valence-electron chi connectivity index (χ4n) is 2.77. The van der Waals surface area contributed by atoms with Gasteiger partial charge in [-0.25, -0.2) is 0 Å². The Morgan fingerprint density at radius 2 is 1.96 bits per heavy atom. The van der Waals surface area contributed by atoms with Crippen LogP contribution < -0.4 is 10.6 Å². The van der Waals surface area contributed by atoms with Crippen LogP contribution in [0.25, 0.3) is 0 Å². The Kier molecular flexibility index (Phi) is 3.86. The van der Waals surface area contributed by atoms with Crippen LogP contribution in [0.1, 0.15) is 27.9 Å². The fraction of sp³-hybridized carbons (Fsp3) is 0.158. The van der Waals surface area contributed by atoms with Crippen LogP contribution in [0, 0.1) is 18.3 Å². The predicted molar refractivity (Wildman–Crippen MR) is 91.1 cm³/mol. The largest absolute Gasteiger partial charge is 0.397 e. The van der Waals surface area contributed by atoms with Crippen LogP contribution in [-0.2, 0) is 0 Å². The van der Waals surface area contributed by atoms with Gasteiger partial charge in [-0.1, -0.05) is 36.4 Å². The van der Waals surface area contributed by atoms with E-state index in [1.807, 2.05) is 42.2 Å². The van der Waals surface area contributed by atoms with Gasteiger partial charge in [-0.05, 0) is 18.6 Å². The Hall–Kier alpha value is -3.06. The van der Waals surface area contributed by atoms with E-state index in [1.54, 1.807) is 18.3 Å². The molecule has 2 aromatic rings. The van der Waals surface area contributed by atoms with Crippen molar-refractivity contribution >= 4 is 17.2 Å². The molecule has 4 nitrogen and oxygen atoms in total. The number of anilines is 2. The molecule has 0 spiro atoms. The lowest BCUT2D eigenvalue weighted by molar-refractivity contribution is 0.103. The minimum Gasteiger partial charge on any atom is -0.397 e. The third kappa shape index (κ3) is 2.69. The number of hydrogen-bond acceptors (Lipinski definition) is 4. The van der Waals surface area contributed by atoms with E-state index in [1.165, 1.54) is 0 Å². The molecule has 0 unspecified atom stereocenters. The highest BCUT2D eigenvalue weighted by molar-refractivity contribution is 6.14. The number of benzene rings is 2. The van der Waals surface area contributed by atoms with E-state index >= 15 is 0 Å². The highest BCUT2D eigenvalue weighted by Gasteiger charge is 2.23. The van der Waals surface area contributed by atoms with E-state index in [4.69, 9.17) is 11.0 Å². The summed E-state index contributed by atoms with van der Waals surface area (Å²) in [4.78, 5) is 14.8. The number of ketones is 1. The summed E-state index contributed by atoms with van der Waals surface area (Å²) < 4.78 is 0. The number of carbonyl (C=O) groups excluding carboxylic acids is 1. The monoisotopic (exact) mass is 303 g/mol. The van der Waals surface area contributed by atoms with Gasteiger partial charge in [-0.2, -0.15) is 5.26 Å². The number of nitrogens with zero attached hydrogens (tertiary/aromatic N) is 2. The molecule has 114 valence electrons. The molecule has 0 saturated carbocycles. The lowest BCUT2D eigenvalue weighted by atomic mass is 9.98. The second-order valence-electron chi connectivity index (χ2n) is 5.60. The predicted octanol–water partition coefficient (Wildman–Crippen LogP) is 3.43. The number of nitriles is 1. The fourth-order valence-corrected chi connectivity index (χ4v) is 2.77. The molecule has 0 bridgehead atoms. The number of nitrogens with two attached hydrogens (primary N) is 1. The van der Waals surface area contributed by atoms with Gasteiger partial charge in [0, 0.05) is 35.9 Å². The average Bonchev–Trinajstić information content (AvgIpc) is 3.06. The molecular weight excluding hydrogens is 286 g/mol. The molecule has 23 heavy (non-hydrogen) atoms. The summed E-state index contributed by atoms with van der Waals surface area (Å²) in [6, 6.07) is 15.0. The normalized spacial score (nSPS) is 13.6. The zero-order valence-electron chi connectivity index (χ0n) is 12.9. The molecule has 1 aliphatic rings. The van der Waals surface area contributed by atoms with E-state index in [0.29, 0.717) is 41.0 Å². The summed E-state index contributed by atoms with van der Waals surface area (Å²) in [6.45, 7) is 2.58. The first-order valence-corrected chi connectivity index (χ1v) is 7.48. The SMILES string of the molecule is Cc1ccc(C(=O)c2ccccc2)c(N2C=C(C#N)CC2)c1N. The van der Waals surface area contributed by atoms with Gasteiger partial charge in [0.25, 0.3) is 0 Å². The molecular formula is C19H17N3O. The van der Waals surface area contributed by atoms with Crippen molar-refractivity contribution in [2.75, 3.05) is 17.2 Å². The summed E-state index contributed by atoms with van der Waals surface area (Å²) in [6.07, 6.45) is 2.45. The molecule has 0 aromatic heterocycles. The van der Waals surface area contributed by atoms with Crippen molar-refractivity contribution in [3.05, 3.63) is 70.9 Å². The van der Waals surface area contributed by atoms with Crippen LogP contribution in [0.15, 0.2) is 54.2 Å². The standard InChI is InChI=1S/C19H17N3O/c1-13-7-8-16(19(23)15-5-3-2-4-6-15)18(17(13)21)22-10-9-14(11-20)12-22/h2-8,12H,9-10,21H2,1H3. The van der Waals surface area contributed by atoms with Gasteiger partial charge in [-0.15, -0.1) is 0 Å². The van der Waals surface area contributed by atoms with Crippen LogP contribution in [0.4, 0.5) is 11.4 Å². The molecule has 1 heterocycles. The van der Waals surface area contributed by atoms with Gasteiger partial charge in [0.15, 0.2) is 5.78 Å². The van der Waals surface area contributed by atoms with Crippen molar-refractivity contribution in [2.45, 2.75) is 13.3 Å². The van der Waals surface area contributed by atoms with Crippen molar-refractivity contribution in [3.63, 3.8) is 0 Å². The zero-order chi connectivity index (χ0) is 16.4.